The van der Waals surface area contributed by atoms with Gasteiger partial charge in [0.1, 0.15) is 30.8 Å². The van der Waals surface area contributed by atoms with Crippen molar-refractivity contribution in [2.75, 3.05) is 46.5 Å². The van der Waals surface area contributed by atoms with E-state index in [0.717, 1.165) is 10.5 Å². The van der Waals surface area contributed by atoms with Crippen LogP contribution >= 0.6 is 58.2 Å². The Morgan fingerprint density at radius 3 is 2.03 bits per heavy atom. The Bertz CT molecular complexity index is 1800. The molecule has 0 aromatic heterocycles. The van der Waals surface area contributed by atoms with Crippen molar-refractivity contribution in [2.24, 2.45) is 17.8 Å². The van der Waals surface area contributed by atoms with Crippen molar-refractivity contribution < 1.29 is 43.3 Å². The molecule has 1 rings (SSSR count). The topological polar surface area (TPSA) is 175 Å². The van der Waals surface area contributed by atoms with E-state index in [9.17, 15) is 33.9 Å². The van der Waals surface area contributed by atoms with Gasteiger partial charge in [-0.1, -0.05) is 112 Å². The zero-order valence-corrected chi connectivity index (χ0v) is 43.9. The molecule has 8 unspecified atom stereocenters. The molecule has 0 aliphatic rings. The number of aliphatic hydroxyl groups is 1. The predicted molar refractivity (Wildman–Crippen MR) is 262 cm³/mol. The molecule has 1 aromatic rings. The van der Waals surface area contributed by atoms with E-state index in [0.29, 0.717) is 34.9 Å². The summed E-state index contributed by atoms with van der Waals surface area (Å²) < 4.78 is 9.34. The number of aliphatic hydroxyl groups excluding tert-OH is 1. The molecule has 0 saturated heterocycles. The third kappa shape index (κ3) is 20.4. The minimum atomic E-state index is -1.86. The summed E-state index contributed by atoms with van der Waals surface area (Å²) in [6, 6.07) is 2.36. The Kier molecular flexibility index (Phi) is 26.7. The van der Waals surface area contributed by atoms with Crippen molar-refractivity contribution in [3.8, 4) is 0 Å². The molecule has 1 aromatic carbocycles. The van der Waals surface area contributed by atoms with Gasteiger partial charge in [0, 0.05) is 44.1 Å². The minimum absolute atomic E-state index is 0.0119. The first-order valence-electron chi connectivity index (χ1n) is 21.6. The fourth-order valence-corrected chi connectivity index (χ4v) is 7.41. The molecule has 0 bridgehead atoms. The fourth-order valence-electron chi connectivity index (χ4n) is 6.81. The van der Waals surface area contributed by atoms with E-state index in [4.69, 9.17) is 55.9 Å². The van der Waals surface area contributed by atoms with Crippen LogP contribution in [0.5, 0.6) is 0 Å². The smallest absolute Gasteiger partial charge is 0.329 e. The number of likely N-dealkylation sites (N-methyl/N-ethyl adjacent to an activating group) is 3. The second-order valence-electron chi connectivity index (χ2n) is 17.0. The molecule has 0 spiro atoms. The third-order valence-electron chi connectivity index (χ3n) is 11.3. The molecule has 0 radical (unpaired) electrons. The van der Waals surface area contributed by atoms with Gasteiger partial charge >= 0.3 is 5.97 Å². The van der Waals surface area contributed by atoms with Crippen molar-refractivity contribution in [2.45, 2.75) is 128 Å². The highest BCUT2D eigenvalue weighted by Gasteiger charge is 2.37. The van der Waals surface area contributed by atoms with Gasteiger partial charge in [0.05, 0.1) is 24.7 Å². The van der Waals surface area contributed by atoms with Crippen LogP contribution in [0.25, 0.3) is 0 Å². The highest BCUT2D eigenvalue weighted by atomic mass is 35.6. The summed E-state index contributed by atoms with van der Waals surface area (Å²) in [5.41, 5.74) is 1.87. The first-order valence-corrected chi connectivity index (χ1v) is 24.6. The van der Waals surface area contributed by atoms with Crippen LogP contribution in [0.1, 0.15) is 87.1 Å². The van der Waals surface area contributed by atoms with E-state index in [2.05, 4.69) is 10.6 Å². The van der Waals surface area contributed by atoms with Crippen molar-refractivity contribution in [1.29, 1.82) is 0 Å². The lowest BCUT2D eigenvalue weighted by Crippen LogP contribution is -2.57. The number of allylic oxidation sites excluding steroid dienone is 1. The molecule has 0 saturated carbocycles. The average Bonchev–Trinajstić information content (AvgIpc) is 3.25. The van der Waals surface area contributed by atoms with E-state index >= 15 is 0 Å². The normalized spacial score (nSPS) is 16.0. The van der Waals surface area contributed by atoms with Crippen molar-refractivity contribution in [3.05, 3.63) is 58.1 Å². The SMILES string of the molecule is C/C=C(\C)C(O)C(C)C(C/C=C(\C)C(=O)N(C)C(CC(C)C)C(=O)NC(C)C(=O)N(C)C(Cc1ccc(Cl)cc1)C(=O)N(C)CC(=O)NC(C(=O)OCC(Cl)(Cl)Cl)C(C)CC)OCSC. The van der Waals surface area contributed by atoms with Crippen molar-refractivity contribution >= 4 is 93.7 Å². The Morgan fingerprint density at radius 2 is 1.51 bits per heavy atom. The maximum Gasteiger partial charge on any atom is 0.329 e. The van der Waals surface area contributed by atoms with Gasteiger partial charge in [-0.15, -0.1) is 11.8 Å². The van der Waals surface area contributed by atoms with E-state index in [1.807, 2.05) is 53.9 Å². The zero-order valence-electron chi connectivity index (χ0n) is 40.1. The molecule has 5 amide bonds. The minimum Gasteiger partial charge on any atom is -0.460 e. The number of nitrogens with one attached hydrogen (secondary N) is 2. The summed E-state index contributed by atoms with van der Waals surface area (Å²) in [5.74, 6) is -3.88. The lowest BCUT2D eigenvalue weighted by atomic mass is 9.90. The van der Waals surface area contributed by atoms with Gasteiger partial charge in [-0.25, -0.2) is 4.79 Å². The molecule has 3 N–H and O–H groups in total. The van der Waals surface area contributed by atoms with Crippen LogP contribution in [0.3, 0.4) is 0 Å². The number of carbonyl (C=O) groups excluding carboxylic acids is 6. The maximum absolute atomic E-state index is 14.2. The molecular weight excluding hydrogens is 940 g/mol. The Hall–Kier alpha value is -3.05. The van der Waals surface area contributed by atoms with E-state index in [-0.39, 0.29) is 42.6 Å². The van der Waals surface area contributed by atoms with E-state index in [1.165, 1.54) is 42.6 Å². The Balaban J connectivity index is 3.35. The van der Waals surface area contributed by atoms with Gasteiger partial charge in [-0.05, 0) is 81.9 Å². The number of ether oxygens (including phenoxy) is 2. The van der Waals surface area contributed by atoms with Crippen molar-refractivity contribution in [1.82, 2.24) is 25.3 Å². The number of hydrogen-bond acceptors (Lipinski definition) is 10. The van der Waals surface area contributed by atoms with Crippen LogP contribution in [0.4, 0.5) is 0 Å². The second-order valence-corrected chi connectivity index (χ2v) is 20.8. The van der Waals surface area contributed by atoms with Gasteiger partial charge in [-0.2, -0.15) is 0 Å². The average molecular weight is 1010 g/mol. The Labute approximate surface area is 410 Å². The van der Waals surface area contributed by atoms with Crippen molar-refractivity contribution in [3.63, 3.8) is 0 Å². The van der Waals surface area contributed by atoms with Gasteiger partial charge < -0.3 is 39.9 Å². The molecule has 65 heavy (non-hydrogen) atoms. The number of hydrogen-bond donors (Lipinski definition) is 3. The van der Waals surface area contributed by atoms with E-state index < -0.39 is 76.8 Å². The number of halogens is 4. The van der Waals surface area contributed by atoms with Gasteiger partial charge in [0.15, 0.2) is 0 Å². The fraction of sp³-hybridized carbons (Fsp3) is 0.652. The van der Waals surface area contributed by atoms with Crippen LogP contribution in [-0.2, 0) is 44.7 Å². The zero-order chi connectivity index (χ0) is 49.9. The van der Waals surface area contributed by atoms with E-state index in [1.54, 1.807) is 51.2 Å². The molecule has 0 aliphatic heterocycles. The summed E-state index contributed by atoms with van der Waals surface area (Å²) in [5, 5.41) is 16.8. The number of benzene rings is 1. The summed E-state index contributed by atoms with van der Waals surface area (Å²) in [4.78, 5) is 86.2. The van der Waals surface area contributed by atoms with Gasteiger partial charge in [0.25, 0.3) is 0 Å². The lowest BCUT2D eigenvalue weighted by molar-refractivity contribution is -0.150. The molecule has 0 heterocycles. The predicted octanol–water partition coefficient (Wildman–Crippen LogP) is 7.00. The maximum atomic E-state index is 14.2. The van der Waals surface area contributed by atoms with Crippen LogP contribution in [0.15, 0.2) is 47.6 Å². The van der Waals surface area contributed by atoms with Gasteiger partial charge in [-0.3, -0.25) is 24.0 Å². The molecule has 0 aliphatic carbocycles. The number of alkyl halides is 3. The van der Waals surface area contributed by atoms with Crippen LogP contribution in [0, 0.1) is 17.8 Å². The van der Waals surface area contributed by atoms with Crippen LogP contribution < -0.4 is 10.6 Å². The molecular formula is C46H71Cl4N5O9S. The Morgan fingerprint density at radius 1 is 0.908 bits per heavy atom. The number of thioether (sulfide) groups is 1. The number of amides is 5. The molecule has 14 nitrogen and oxygen atoms in total. The summed E-state index contributed by atoms with van der Waals surface area (Å²) >= 11 is 24.9. The first-order chi connectivity index (χ1) is 30.2. The van der Waals surface area contributed by atoms with Crippen LogP contribution in [-0.4, -0.2) is 142 Å². The largest absolute Gasteiger partial charge is 0.460 e. The third-order valence-corrected chi connectivity index (χ3v) is 12.2. The van der Waals surface area contributed by atoms with Gasteiger partial charge in [0.2, 0.25) is 33.3 Å². The summed E-state index contributed by atoms with van der Waals surface area (Å²) in [6.45, 7) is 15.2. The monoisotopic (exact) mass is 1010 g/mol. The molecule has 8 atom stereocenters. The second kappa shape index (κ2) is 29.0. The number of carbonyl (C=O) groups is 6. The molecule has 368 valence electrons. The quantitative estimate of drug-likeness (QED) is 0.0289. The number of nitrogens with zero attached hydrogens (tertiary/aromatic N) is 3. The van der Waals surface area contributed by atoms with Crippen LogP contribution in [0.2, 0.25) is 5.02 Å². The highest BCUT2D eigenvalue weighted by Crippen LogP contribution is 2.27. The number of rotatable bonds is 26. The summed E-state index contributed by atoms with van der Waals surface area (Å²) in [7, 11) is 4.37. The summed E-state index contributed by atoms with van der Waals surface area (Å²) in [6.07, 6.45) is 5.57. The molecule has 19 heteroatoms. The number of esters is 1. The first kappa shape index (κ1) is 60.0. The standard InChI is InChI=1S/C46H71Cl4N5O9S/c1-14-28(5)39(45(62)63-25-46(48,49)50)52-38(56)24-53(10)44(61)36(23-33-17-19-34(47)20-18-33)55(12)43(60)32(9)51-41(58)35(22-27(3)4)54(11)42(59)30(7)16-21-37(64-26-65-13)31(8)40(57)29(6)15-2/h15-20,27-28,31-32,35-37,39-40,57H,14,21-26H2,1-13H3,(H,51,58)(H,52,56)/b29-15+,30-16+. The lowest BCUT2D eigenvalue weighted by Gasteiger charge is -2.34. The molecule has 0 fully saturated rings. The highest BCUT2D eigenvalue weighted by molar-refractivity contribution is 7.98.